The Morgan fingerprint density at radius 3 is 2.30 bits per heavy atom. The third-order valence-electron chi connectivity index (χ3n) is 8.30. The van der Waals surface area contributed by atoms with Crippen molar-refractivity contribution in [2.45, 2.75) is 98.8 Å². The minimum atomic E-state index is -1.17. The third kappa shape index (κ3) is 5.03. The lowest BCUT2D eigenvalue weighted by atomic mass is 9.46. The van der Waals surface area contributed by atoms with Crippen LogP contribution in [-0.2, 0) is 33.3 Å². The van der Waals surface area contributed by atoms with Crippen LogP contribution in [0.25, 0.3) is 0 Å². The maximum atomic E-state index is 11.8. The van der Waals surface area contributed by atoms with Crippen LogP contribution in [0.4, 0.5) is 0 Å². The fourth-order valence-corrected chi connectivity index (χ4v) is 6.23. The van der Waals surface area contributed by atoms with E-state index in [0.29, 0.717) is 23.8 Å². The summed E-state index contributed by atoms with van der Waals surface area (Å²) in [5, 5.41) is 0. The number of allylic oxidation sites excluding steroid dienone is 2. The Kier molecular flexibility index (Phi) is 7.42. The predicted molar refractivity (Wildman–Crippen MR) is 122 cm³/mol. The highest BCUT2D eigenvalue weighted by atomic mass is 16.8. The van der Waals surface area contributed by atoms with E-state index in [1.807, 2.05) is 6.08 Å². The Labute approximate surface area is 196 Å². The average Bonchev–Trinajstić information content (AvgIpc) is 2.99. The van der Waals surface area contributed by atoms with Gasteiger partial charge in [-0.3, -0.25) is 19.1 Å². The molecule has 0 radical (unpaired) electrons. The molecule has 7 nitrogen and oxygen atoms in total. The molecule has 2 aliphatic carbocycles. The zero-order chi connectivity index (χ0) is 24.6. The van der Waals surface area contributed by atoms with E-state index < -0.39 is 36.6 Å². The average molecular weight is 463 g/mol. The molecule has 3 rings (SSSR count). The second kappa shape index (κ2) is 9.61. The van der Waals surface area contributed by atoms with Crippen molar-refractivity contribution in [2.24, 2.45) is 22.7 Å². The van der Waals surface area contributed by atoms with Crippen molar-refractivity contribution >= 4 is 17.9 Å². The van der Waals surface area contributed by atoms with Crippen molar-refractivity contribution in [3.63, 3.8) is 0 Å². The molecule has 184 valence electrons. The van der Waals surface area contributed by atoms with E-state index in [9.17, 15) is 14.4 Å². The number of rotatable bonds is 5. The first-order chi connectivity index (χ1) is 15.4. The van der Waals surface area contributed by atoms with E-state index in [0.717, 1.165) is 32.1 Å². The predicted octanol–water partition coefficient (Wildman–Crippen LogP) is 4.84. The van der Waals surface area contributed by atoms with Crippen LogP contribution in [0.5, 0.6) is 0 Å². The van der Waals surface area contributed by atoms with Crippen molar-refractivity contribution in [2.75, 3.05) is 0 Å². The molecule has 4 unspecified atom stereocenters. The standard InChI is InChI=1S/C26H38O7/c1-15-9-8-10-21-25(15,6)13-11-16(2)26(21,7)14-12-20-22(30-17(3)27)24(32-19(5)29)33-23(20)31-18(4)28/h12,16,21-24H,1,8-11,13-14H2,2-7H3/b20-12-/t16?,21?,22-,23-,24-,25?,26?/m0/s1. The Bertz CT molecular complexity index is 846. The number of carbonyl (C=O) groups excluding carboxylic acids is 3. The summed E-state index contributed by atoms with van der Waals surface area (Å²) in [6, 6.07) is 0. The number of hydrogen-bond donors (Lipinski definition) is 0. The van der Waals surface area contributed by atoms with Crippen LogP contribution < -0.4 is 0 Å². The number of carbonyl (C=O) groups is 3. The van der Waals surface area contributed by atoms with Gasteiger partial charge < -0.3 is 14.2 Å². The highest BCUT2D eigenvalue weighted by molar-refractivity contribution is 5.68. The number of ether oxygens (including phenoxy) is 4. The van der Waals surface area contributed by atoms with Crippen LogP contribution in [-0.4, -0.2) is 36.6 Å². The molecule has 0 spiro atoms. The highest BCUT2D eigenvalue weighted by Crippen LogP contribution is 2.62. The fraction of sp³-hybridized carbons (Fsp3) is 0.731. The van der Waals surface area contributed by atoms with Crippen LogP contribution in [0.1, 0.15) is 80.1 Å². The van der Waals surface area contributed by atoms with Gasteiger partial charge in [0.1, 0.15) is 0 Å². The van der Waals surface area contributed by atoms with Gasteiger partial charge in [-0.15, -0.1) is 0 Å². The van der Waals surface area contributed by atoms with Crippen molar-refractivity contribution in [3.05, 3.63) is 23.8 Å². The van der Waals surface area contributed by atoms with Gasteiger partial charge in [-0.2, -0.15) is 0 Å². The quantitative estimate of drug-likeness (QED) is 0.328. The molecule has 7 atom stereocenters. The summed E-state index contributed by atoms with van der Waals surface area (Å²) in [6.45, 7) is 15.2. The van der Waals surface area contributed by atoms with Crippen LogP contribution in [0.15, 0.2) is 23.8 Å². The molecule has 3 fully saturated rings. The molecule has 0 aromatic heterocycles. The van der Waals surface area contributed by atoms with Gasteiger partial charge in [-0.05, 0) is 61.2 Å². The lowest BCUT2D eigenvalue weighted by Crippen LogP contribution is -2.50. The lowest BCUT2D eigenvalue weighted by molar-refractivity contribution is -0.218. The Morgan fingerprint density at radius 2 is 1.70 bits per heavy atom. The van der Waals surface area contributed by atoms with Gasteiger partial charge >= 0.3 is 17.9 Å². The van der Waals surface area contributed by atoms with Gasteiger partial charge in [0.2, 0.25) is 12.6 Å². The topological polar surface area (TPSA) is 88.1 Å². The molecular formula is C26H38O7. The van der Waals surface area contributed by atoms with Gasteiger partial charge in [0.05, 0.1) is 0 Å². The first kappa shape index (κ1) is 25.5. The van der Waals surface area contributed by atoms with E-state index in [1.54, 1.807) is 0 Å². The first-order valence-corrected chi connectivity index (χ1v) is 11.9. The number of fused-ring (bicyclic) bond motifs is 1. The van der Waals surface area contributed by atoms with Crippen molar-refractivity contribution in [1.82, 2.24) is 0 Å². The van der Waals surface area contributed by atoms with Crippen molar-refractivity contribution in [3.8, 4) is 0 Å². The second-order valence-corrected chi connectivity index (χ2v) is 10.4. The SMILES string of the molecule is C=C1CCCC2C1(C)CCC(C)C2(C)C/C=C1\[C@@H](OC(C)=O)O[C@H](OC(C)=O)[C@H]1OC(C)=O. The Morgan fingerprint density at radius 1 is 1.06 bits per heavy atom. The van der Waals surface area contributed by atoms with Gasteiger partial charge in [0.15, 0.2) is 6.10 Å². The fourth-order valence-electron chi connectivity index (χ4n) is 6.23. The summed E-state index contributed by atoms with van der Waals surface area (Å²) in [5.41, 5.74) is 1.93. The van der Waals surface area contributed by atoms with Crippen LogP contribution in [0.2, 0.25) is 0 Å². The maximum Gasteiger partial charge on any atom is 0.305 e. The van der Waals surface area contributed by atoms with E-state index in [4.69, 9.17) is 18.9 Å². The summed E-state index contributed by atoms with van der Waals surface area (Å²) in [6.07, 6.45) is 5.09. The molecule has 1 saturated heterocycles. The molecule has 0 bridgehead atoms. The molecule has 0 aromatic rings. The monoisotopic (exact) mass is 462 g/mol. The number of esters is 3. The molecule has 2 saturated carbocycles. The molecule has 33 heavy (non-hydrogen) atoms. The third-order valence-corrected chi connectivity index (χ3v) is 8.30. The first-order valence-electron chi connectivity index (χ1n) is 11.9. The molecular weight excluding hydrogens is 424 g/mol. The lowest BCUT2D eigenvalue weighted by Gasteiger charge is -2.58. The van der Waals surface area contributed by atoms with Crippen LogP contribution >= 0.6 is 0 Å². The largest absolute Gasteiger partial charge is 0.451 e. The molecule has 7 heteroatoms. The Hall–Kier alpha value is -2.15. The molecule has 1 aliphatic heterocycles. The van der Waals surface area contributed by atoms with Crippen molar-refractivity contribution in [1.29, 1.82) is 0 Å². The zero-order valence-electron chi connectivity index (χ0n) is 20.8. The zero-order valence-corrected chi connectivity index (χ0v) is 20.8. The van der Waals surface area contributed by atoms with E-state index >= 15 is 0 Å². The van der Waals surface area contributed by atoms with E-state index in [-0.39, 0.29) is 10.8 Å². The molecule has 0 aromatic carbocycles. The van der Waals surface area contributed by atoms with Gasteiger partial charge in [-0.1, -0.05) is 39.0 Å². The van der Waals surface area contributed by atoms with E-state index in [2.05, 4.69) is 27.4 Å². The smallest absolute Gasteiger partial charge is 0.305 e. The minimum absolute atomic E-state index is 0.0234. The second-order valence-electron chi connectivity index (χ2n) is 10.4. The molecule has 0 N–H and O–H groups in total. The number of hydrogen-bond acceptors (Lipinski definition) is 7. The van der Waals surface area contributed by atoms with Gasteiger partial charge in [0, 0.05) is 26.3 Å². The van der Waals surface area contributed by atoms with Crippen molar-refractivity contribution < 1.29 is 33.3 Å². The summed E-state index contributed by atoms with van der Waals surface area (Å²) < 4.78 is 21.8. The van der Waals surface area contributed by atoms with Gasteiger partial charge in [-0.25, -0.2) is 0 Å². The van der Waals surface area contributed by atoms with E-state index in [1.165, 1.54) is 26.3 Å². The highest BCUT2D eigenvalue weighted by Gasteiger charge is 2.54. The van der Waals surface area contributed by atoms with Gasteiger partial charge in [0.25, 0.3) is 0 Å². The summed E-state index contributed by atoms with van der Waals surface area (Å²) in [7, 11) is 0. The summed E-state index contributed by atoms with van der Waals surface area (Å²) >= 11 is 0. The normalized spacial score (nSPS) is 39.6. The summed E-state index contributed by atoms with van der Waals surface area (Å²) in [4.78, 5) is 35.2. The Balaban J connectivity index is 1.96. The summed E-state index contributed by atoms with van der Waals surface area (Å²) in [5.74, 6) is -0.709. The maximum absolute atomic E-state index is 11.8. The van der Waals surface area contributed by atoms with Crippen LogP contribution in [0.3, 0.4) is 0 Å². The minimum Gasteiger partial charge on any atom is -0.451 e. The molecule has 0 amide bonds. The molecule has 1 heterocycles. The van der Waals surface area contributed by atoms with Crippen LogP contribution in [0, 0.1) is 22.7 Å². The molecule has 3 aliphatic rings.